The highest BCUT2D eigenvalue weighted by Gasteiger charge is 2.27. The van der Waals surface area contributed by atoms with E-state index >= 15 is 0 Å². The Balaban J connectivity index is 2.68. The molecule has 0 saturated heterocycles. The molecule has 0 aromatic carbocycles. The maximum absolute atomic E-state index is 12.2. The molecule has 7 N–H and O–H groups in total. The molecule has 3 unspecified atom stereocenters. The molecular weight excluding hydrogens is 350 g/mol. The van der Waals surface area contributed by atoms with Gasteiger partial charge in [-0.15, -0.1) is 0 Å². The number of carbonyl (C=O) groups excluding carboxylic acids is 2. The highest BCUT2D eigenvalue weighted by molar-refractivity contribution is 7.98. The van der Waals surface area contributed by atoms with Crippen LogP contribution in [0.4, 0.5) is 0 Å². The third-order valence-electron chi connectivity index (χ3n) is 3.37. The minimum atomic E-state index is -1.43. The number of hydrogen-bond donors (Lipinski definition) is 6. The van der Waals surface area contributed by atoms with Crippen molar-refractivity contribution in [3.05, 3.63) is 18.2 Å². The van der Waals surface area contributed by atoms with Crippen molar-refractivity contribution in [3.8, 4) is 0 Å². The zero-order chi connectivity index (χ0) is 18.8. The van der Waals surface area contributed by atoms with E-state index in [1.807, 2.05) is 6.26 Å². The number of aromatic nitrogens is 2. The average Bonchev–Trinajstić information content (AvgIpc) is 3.08. The largest absolute Gasteiger partial charge is 0.480 e. The smallest absolute Gasteiger partial charge is 0.328 e. The van der Waals surface area contributed by atoms with Crippen molar-refractivity contribution in [2.24, 2.45) is 5.73 Å². The van der Waals surface area contributed by atoms with E-state index in [1.165, 1.54) is 18.1 Å². The third-order valence-corrected chi connectivity index (χ3v) is 4.02. The lowest BCUT2D eigenvalue weighted by molar-refractivity contribution is -0.143. The molecule has 2 amide bonds. The molecule has 0 aliphatic heterocycles. The van der Waals surface area contributed by atoms with Gasteiger partial charge in [0.1, 0.15) is 12.1 Å². The first-order valence-corrected chi connectivity index (χ1v) is 8.94. The zero-order valence-corrected chi connectivity index (χ0v) is 14.6. The number of carboxylic acids is 1. The summed E-state index contributed by atoms with van der Waals surface area (Å²) in [5, 5.41) is 22.6. The molecule has 3 atom stereocenters. The lowest BCUT2D eigenvalue weighted by Crippen LogP contribution is -2.55. The molecular formula is C14H23N5O5S. The Hall–Kier alpha value is -2.11. The number of aromatic amines is 1. The van der Waals surface area contributed by atoms with E-state index in [9.17, 15) is 14.4 Å². The molecule has 0 spiro atoms. The number of imidazole rings is 1. The maximum Gasteiger partial charge on any atom is 0.328 e. The van der Waals surface area contributed by atoms with Gasteiger partial charge in [0, 0.05) is 18.3 Å². The molecule has 0 bridgehead atoms. The number of rotatable bonds is 11. The van der Waals surface area contributed by atoms with Crippen molar-refractivity contribution in [2.45, 2.75) is 31.0 Å². The van der Waals surface area contributed by atoms with Crippen LogP contribution in [0.1, 0.15) is 12.1 Å². The van der Waals surface area contributed by atoms with Gasteiger partial charge < -0.3 is 31.6 Å². The summed E-state index contributed by atoms with van der Waals surface area (Å²) in [7, 11) is 0. The average molecular weight is 373 g/mol. The van der Waals surface area contributed by atoms with Crippen LogP contribution in [0, 0.1) is 0 Å². The normalized spacial score (nSPS) is 14.4. The number of aliphatic hydroxyl groups excluding tert-OH is 1. The number of carboxylic acid groups (broad SMARTS) is 1. The van der Waals surface area contributed by atoms with Gasteiger partial charge in [-0.3, -0.25) is 9.59 Å². The van der Waals surface area contributed by atoms with Crippen LogP contribution < -0.4 is 16.4 Å². The summed E-state index contributed by atoms with van der Waals surface area (Å²) in [5.41, 5.74) is 6.51. The summed E-state index contributed by atoms with van der Waals surface area (Å²) in [6.07, 6.45) is 5.37. The van der Waals surface area contributed by atoms with Crippen molar-refractivity contribution in [2.75, 3.05) is 18.6 Å². The summed E-state index contributed by atoms with van der Waals surface area (Å²) in [4.78, 5) is 42.0. The number of nitrogens with one attached hydrogen (secondary N) is 3. The molecule has 1 heterocycles. The second-order valence-electron chi connectivity index (χ2n) is 5.31. The van der Waals surface area contributed by atoms with Gasteiger partial charge in [0.15, 0.2) is 0 Å². The van der Waals surface area contributed by atoms with Gasteiger partial charge in [-0.25, -0.2) is 9.78 Å². The van der Waals surface area contributed by atoms with Crippen LogP contribution in [-0.4, -0.2) is 74.7 Å². The van der Waals surface area contributed by atoms with Gasteiger partial charge in [-0.2, -0.15) is 11.8 Å². The summed E-state index contributed by atoms with van der Waals surface area (Å²) in [5.74, 6) is -2.00. The molecule has 140 valence electrons. The molecule has 1 aromatic rings. The molecule has 1 rings (SSSR count). The summed E-state index contributed by atoms with van der Waals surface area (Å²) in [6, 6.07) is -3.26. The number of thioether (sulfide) groups is 1. The SMILES string of the molecule is CSCCC(NC(=O)C(N)Cc1cnc[nH]1)C(=O)NC(CO)C(=O)O. The van der Waals surface area contributed by atoms with Crippen molar-refractivity contribution in [3.63, 3.8) is 0 Å². The minimum absolute atomic E-state index is 0.219. The molecule has 10 nitrogen and oxygen atoms in total. The van der Waals surface area contributed by atoms with E-state index in [-0.39, 0.29) is 6.42 Å². The number of nitrogens with two attached hydrogens (primary N) is 1. The highest BCUT2D eigenvalue weighted by Crippen LogP contribution is 2.03. The van der Waals surface area contributed by atoms with Gasteiger partial charge in [-0.05, 0) is 18.4 Å². The Kier molecular flexibility index (Phi) is 8.95. The number of aliphatic carboxylic acids is 1. The van der Waals surface area contributed by atoms with Gasteiger partial charge in [-0.1, -0.05) is 0 Å². The molecule has 0 saturated carbocycles. The quantitative estimate of drug-likeness (QED) is 0.261. The van der Waals surface area contributed by atoms with Crippen molar-refractivity contribution in [1.82, 2.24) is 20.6 Å². The number of carbonyl (C=O) groups is 3. The number of aliphatic hydroxyl groups is 1. The van der Waals surface area contributed by atoms with E-state index < -0.39 is 42.5 Å². The van der Waals surface area contributed by atoms with E-state index in [2.05, 4.69) is 20.6 Å². The lowest BCUT2D eigenvalue weighted by Gasteiger charge is -2.22. The fourth-order valence-electron chi connectivity index (χ4n) is 1.97. The topological polar surface area (TPSA) is 170 Å². The highest BCUT2D eigenvalue weighted by atomic mass is 32.2. The fraction of sp³-hybridized carbons (Fsp3) is 0.571. The first-order valence-electron chi connectivity index (χ1n) is 7.55. The maximum atomic E-state index is 12.2. The predicted octanol–water partition coefficient (Wildman–Crippen LogP) is -1.92. The van der Waals surface area contributed by atoms with E-state index in [4.69, 9.17) is 15.9 Å². The van der Waals surface area contributed by atoms with Crippen molar-refractivity contribution in [1.29, 1.82) is 0 Å². The Morgan fingerprint density at radius 3 is 2.52 bits per heavy atom. The van der Waals surface area contributed by atoms with Crippen LogP contribution in [0.2, 0.25) is 0 Å². The van der Waals surface area contributed by atoms with Crippen LogP contribution >= 0.6 is 11.8 Å². The zero-order valence-electron chi connectivity index (χ0n) is 13.8. The molecule has 11 heteroatoms. The molecule has 0 fully saturated rings. The lowest BCUT2D eigenvalue weighted by atomic mass is 10.1. The van der Waals surface area contributed by atoms with Gasteiger partial charge in [0.2, 0.25) is 11.8 Å². The van der Waals surface area contributed by atoms with Crippen LogP contribution in [0.25, 0.3) is 0 Å². The van der Waals surface area contributed by atoms with Gasteiger partial charge in [0.25, 0.3) is 0 Å². The standard InChI is InChI=1S/C14H23N5O5S/c1-25-3-2-10(13(22)19-11(6-20)14(23)24)18-12(21)9(15)4-8-5-16-7-17-8/h5,7,9-11,20H,2-4,6,15H2,1H3,(H,16,17)(H,18,21)(H,19,22)(H,23,24). The van der Waals surface area contributed by atoms with E-state index in [0.717, 1.165) is 0 Å². The molecule has 25 heavy (non-hydrogen) atoms. The van der Waals surface area contributed by atoms with Gasteiger partial charge in [0.05, 0.1) is 19.0 Å². The molecule has 0 aliphatic carbocycles. The monoisotopic (exact) mass is 373 g/mol. The third kappa shape index (κ3) is 7.11. The fourth-order valence-corrected chi connectivity index (χ4v) is 2.44. The van der Waals surface area contributed by atoms with Gasteiger partial charge >= 0.3 is 5.97 Å². The first kappa shape index (κ1) is 20.9. The summed E-state index contributed by atoms with van der Waals surface area (Å²) in [6.45, 7) is -0.746. The van der Waals surface area contributed by atoms with E-state index in [0.29, 0.717) is 17.9 Å². The molecule has 0 aliphatic rings. The second-order valence-corrected chi connectivity index (χ2v) is 6.30. The molecule has 0 radical (unpaired) electrons. The second kappa shape index (κ2) is 10.7. The number of amides is 2. The Morgan fingerprint density at radius 1 is 1.32 bits per heavy atom. The Labute approximate surface area is 149 Å². The van der Waals surface area contributed by atoms with Crippen LogP contribution in [-0.2, 0) is 20.8 Å². The van der Waals surface area contributed by atoms with Crippen molar-refractivity contribution >= 4 is 29.5 Å². The van der Waals surface area contributed by atoms with Crippen LogP contribution in [0.3, 0.4) is 0 Å². The first-order chi connectivity index (χ1) is 11.9. The minimum Gasteiger partial charge on any atom is -0.480 e. The molecule has 1 aromatic heterocycles. The number of hydrogen-bond acceptors (Lipinski definition) is 7. The number of H-pyrrole nitrogens is 1. The Bertz CT molecular complexity index is 568. The predicted molar refractivity (Wildman–Crippen MR) is 91.8 cm³/mol. The summed E-state index contributed by atoms with van der Waals surface area (Å²) < 4.78 is 0. The van der Waals surface area contributed by atoms with Crippen molar-refractivity contribution < 1.29 is 24.6 Å². The summed E-state index contributed by atoms with van der Waals surface area (Å²) >= 11 is 1.48. The number of nitrogens with zero attached hydrogens (tertiary/aromatic N) is 1. The van der Waals surface area contributed by atoms with Crippen LogP contribution in [0.15, 0.2) is 12.5 Å². The van der Waals surface area contributed by atoms with E-state index in [1.54, 1.807) is 6.20 Å². The van der Waals surface area contributed by atoms with Crippen LogP contribution in [0.5, 0.6) is 0 Å². The Morgan fingerprint density at radius 2 is 2.00 bits per heavy atom.